The molecule has 0 radical (unpaired) electrons. The fourth-order valence-electron chi connectivity index (χ4n) is 1.37. The molecule has 0 atom stereocenters. The summed E-state index contributed by atoms with van der Waals surface area (Å²) < 4.78 is 10.5. The number of nitrogens with zero attached hydrogens (tertiary/aromatic N) is 2. The third-order valence-electron chi connectivity index (χ3n) is 2.17. The molecule has 16 heavy (non-hydrogen) atoms. The van der Waals surface area contributed by atoms with E-state index in [1.807, 2.05) is 26.0 Å². The molecule has 0 aliphatic heterocycles. The van der Waals surface area contributed by atoms with Gasteiger partial charge in [0.2, 0.25) is 0 Å². The Morgan fingerprint density at radius 1 is 1.38 bits per heavy atom. The number of aryl methyl sites for hydroxylation is 1. The van der Waals surface area contributed by atoms with Crippen LogP contribution in [0.25, 0.3) is 11.5 Å². The van der Waals surface area contributed by atoms with E-state index in [4.69, 9.17) is 14.9 Å². The number of aromatic nitrogens is 2. The third-order valence-corrected chi connectivity index (χ3v) is 2.17. The van der Waals surface area contributed by atoms with Crippen LogP contribution in [0.5, 0.6) is 6.08 Å². The van der Waals surface area contributed by atoms with Crippen molar-refractivity contribution in [2.45, 2.75) is 13.8 Å². The molecule has 1 aromatic heterocycles. The molecule has 0 unspecified atom stereocenters. The Bertz CT molecular complexity index is 494. The first-order valence-electron chi connectivity index (χ1n) is 5.03. The van der Waals surface area contributed by atoms with Gasteiger partial charge in [-0.1, -0.05) is 11.2 Å². The molecule has 2 aromatic rings. The zero-order valence-corrected chi connectivity index (χ0v) is 9.23. The Kier molecular flexibility index (Phi) is 2.76. The Balaban J connectivity index is 2.38. The van der Waals surface area contributed by atoms with Crippen molar-refractivity contribution in [3.63, 3.8) is 0 Å². The largest absolute Gasteiger partial charge is 0.449 e. The fraction of sp³-hybridized carbons (Fsp3) is 0.273. The third kappa shape index (κ3) is 1.98. The molecule has 0 amide bonds. The van der Waals surface area contributed by atoms with Crippen molar-refractivity contribution in [2.24, 2.45) is 0 Å². The second-order valence-corrected chi connectivity index (χ2v) is 3.38. The number of nitrogen functional groups attached to an aromatic ring is 1. The molecule has 0 saturated carbocycles. The molecule has 1 aromatic carbocycles. The predicted octanol–water partition coefficient (Wildman–Crippen LogP) is 2.03. The van der Waals surface area contributed by atoms with Crippen LogP contribution in [-0.2, 0) is 0 Å². The molecule has 0 spiro atoms. The molecular weight excluding hydrogens is 206 g/mol. The number of ether oxygens (including phenoxy) is 1. The maximum absolute atomic E-state index is 5.71. The molecular formula is C11H13N3O2. The first-order valence-corrected chi connectivity index (χ1v) is 5.03. The van der Waals surface area contributed by atoms with Crippen molar-refractivity contribution in [3.8, 4) is 17.5 Å². The maximum Gasteiger partial charge on any atom is 0.414 e. The van der Waals surface area contributed by atoms with Crippen molar-refractivity contribution in [1.82, 2.24) is 10.2 Å². The van der Waals surface area contributed by atoms with Gasteiger partial charge < -0.3 is 14.9 Å². The van der Waals surface area contributed by atoms with Gasteiger partial charge in [0.1, 0.15) is 0 Å². The molecule has 2 N–H and O–H groups in total. The zero-order valence-electron chi connectivity index (χ0n) is 9.23. The lowest BCUT2D eigenvalue weighted by Crippen LogP contribution is -1.90. The van der Waals surface area contributed by atoms with Crippen LogP contribution >= 0.6 is 0 Å². The zero-order chi connectivity index (χ0) is 11.5. The minimum Gasteiger partial charge on any atom is -0.449 e. The lowest BCUT2D eigenvalue weighted by molar-refractivity contribution is 0.247. The summed E-state index contributed by atoms with van der Waals surface area (Å²) in [6.07, 6.45) is 0.180. The van der Waals surface area contributed by atoms with Gasteiger partial charge in [0.25, 0.3) is 5.89 Å². The van der Waals surface area contributed by atoms with E-state index in [0.29, 0.717) is 18.2 Å². The summed E-state index contributed by atoms with van der Waals surface area (Å²) in [7, 11) is 0. The number of hydrogen-bond acceptors (Lipinski definition) is 5. The van der Waals surface area contributed by atoms with Gasteiger partial charge in [0.15, 0.2) is 0 Å². The molecule has 2 rings (SSSR count). The van der Waals surface area contributed by atoms with Crippen molar-refractivity contribution in [3.05, 3.63) is 23.8 Å². The van der Waals surface area contributed by atoms with Gasteiger partial charge in [-0.15, -0.1) is 5.10 Å². The fourth-order valence-corrected chi connectivity index (χ4v) is 1.37. The highest BCUT2D eigenvalue weighted by Crippen LogP contribution is 2.26. The van der Waals surface area contributed by atoms with Gasteiger partial charge in [0, 0.05) is 11.3 Å². The van der Waals surface area contributed by atoms with Gasteiger partial charge in [-0.3, -0.25) is 0 Å². The summed E-state index contributed by atoms with van der Waals surface area (Å²) in [5, 5.41) is 7.68. The van der Waals surface area contributed by atoms with E-state index in [9.17, 15) is 0 Å². The Labute approximate surface area is 93.2 Å². The summed E-state index contributed by atoms with van der Waals surface area (Å²) >= 11 is 0. The first-order chi connectivity index (χ1) is 7.70. The number of anilines is 1. The van der Waals surface area contributed by atoms with Crippen LogP contribution in [0.3, 0.4) is 0 Å². The number of nitrogens with two attached hydrogens (primary N) is 1. The standard InChI is InChI=1S/C11H13N3O2/c1-3-15-11-14-13-10(16-11)9-6-8(12)5-4-7(9)2/h4-6H,3,12H2,1-2H3. The van der Waals surface area contributed by atoms with Gasteiger partial charge in [-0.05, 0) is 31.5 Å². The molecule has 0 bridgehead atoms. The van der Waals surface area contributed by atoms with E-state index < -0.39 is 0 Å². The highest BCUT2D eigenvalue weighted by molar-refractivity contribution is 5.63. The van der Waals surface area contributed by atoms with E-state index >= 15 is 0 Å². The van der Waals surface area contributed by atoms with Gasteiger partial charge >= 0.3 is 6.08 Å². The second-order valence-electron chi connectivity index (χ2n) is 3.38. The second kappa shape index (κ2) is 4.22. The summed E-state index contributed by atoms with van der Waals surface area (Å²) in [5.41, 5.74) is 8.23. The summed E-state index contributed by atoms with van der Waals surface area (Å²) in [5.74, 6) is 0.424. The molecule has 0 saturated heterocycles. The summed E-state index contributed by atoms with van der Waals surface area (Å²) in [4.78, 5) is 0. The van der Waals surface area contributed by atoms with Crippen LogP contribution < -0.4 is 10.5 Å². The smallest absolute Gasteiger partial charge is 0.414 e. The van der Waals surface area contributed by atoms with Crippen LogP contribution in [0.15, 0.2) is 22.6 Å². The van der Waals surface area contributed by atoms with Gasteiger partial charge in [-0.25, -0.2) is 0 Å². The Hall–Kier alpha value is -2.04. The van der Waals surface area contributed by atoms with Crippen molar-refractivity contribution in [1.29, 1.82) is 0 Å². The van der Waals surface area contributed by atoms with E-state index in [0.717, 1.165) is 11.1 Å². The Morgan fingerprint density at radius 3 is 2.94 bits per heavy atom. The highest BCUT2D eigenvalue weighted by atomic mass is 16.6. The Morgan fingerprint density at radius 2 is 2.19 bits per heavy atom. The van der Waals surface area contributed by atoms with Crippen LogP contribution in [0, 0.1) is 6.92 Å². The molecule has 1 heterocycles. The molecule has 5 nitrogen and oxygen atoms in total. The highest BCUT2D eigenvalue weighted by Gasteiger charge is 2.11. The summed E-state index contributed by atoms with van der Waals surface area (Å²) in [6, 6.07) is 5.55. The number of hydrogen-bond donors (Lipinski definition) is 1. The van der Waals surface area contributed by atoms with E-state index in [-0.39, 0.29) is 6.08 Å². The van der Waals surface area contributed by atoms with Crippen molar-refractivity contribution < 1.29 is 9.15 Å². The van der Waals surface area contributed by atoms with Crippen LogP contribution in [0.1, 0.15) is 12.5 Å². The quantitative estimate of drug-likeness (QED) is 0.799. The van der Waals surface area contributed by atoms with Gasteiger partial charge in [0.05, 0.1) is 6.61 Å². The van der Waals surface area contributed by atoms with Crippen LogP contribution in [0.4, 0.5) is 5.69 Å². The number of benzene rings is 1. The molecule has 84 valence electrons. The number of rotatable bonds is 3. The molecule has 0 aliphatic carbocycles. The minimum atomic E-state index is 0.180. The van der Waals surface area contributed by atoms with Crippen LogP contribution in [0.2, 0.25) is 0 Å². The average molecular weight is 219 g/mol. The summed E-state index contributed by atoms with van der Waals surface area (Å²) in [6.45, 7) is 4.31. The molecule has 0 aliphatic rings. The molecule has 0 fully saturated rings. The van der Waals surface area contributed by atoms with Crippen molar-refractivity contribution >= 4 is 5.69 Å². The lowest BCUT2D eigenvalue weighted by Gasteiger charge is -2.01. The monoisotopic (exact) mass is 219 g/mol. The van der Waals surface area contributed by atoms with Crippen LogP contribution in [-0.4, -0.2) is 16.8 Å². The normalized spacial score (nSPS) is 10.4. The van der Waals surface area contributed by atoms with E-state index in [1.54, 1.807) is 6.07 Å². The predicted molar refractivity (Wildman–Crippen MR) is 60.1 cm³/mol. The minimum absolute atomic E-state index is 0.180. The molecule has 5 heteroatoms. The van der Waals surface area contributed by atoms with E-state index in [2.05, 4.69) is 10.2 Å². The first kappa shape index (κ1) is 10.5. The maximum atomic E-state index is 5.71. The van der Waals surface area contributed by atoms with Crippen molar-refractivity contribution in [2.75, 3.05) is 12.3 Å². The topological polar surface area (TPSA) is 74.2 Å². The van der Waals surface area contributed by atoms with E-state index in [1.165, 1.54) is 0 Å². The lowest BCUT2D eigenvalue weighted by atomic mass is 10.1. The van der Waals surface area contributed by atoms with Gasteiger partial charge in [-0.2, -0.15) is 0 Å². The average Bonchev–Trinajstić information content (AvgIpc) is 2.71. The SMILES string of the molecule is CCOc1nnc(-c2cc(N)ccc2C)o1.